The number of nitrogens with zero attached hydrogens (tertiary/aromatic N) is 2. The molecule has 0 bridgehead atoms. The van der Waals surface area contributed by atoms with Gasteiger partial charge < -0.3 is 10.6 Å². The van der Waals surface area contributed by atoms with Crippen LogP contribution < -0.4 is 10.6 Å². The third-order valence-electron chi connectivity index (χ3n) is 6.88. The highest BCUT2D eigenvalue weighted by molar-refractivity contribution is 5.93. The Kier molecular flexibility index (Phi) is 16.2. The highest BCUT2D eigenvalue weighted by Gasteiger charge is 2.12. The summed E-state index contributed by atoms with van der Waals surface area (Å²) in [5.74, 6) is 0.0759. The molecule has 39 heavy (non-hydrogen) atoms. The van der Waals surface area contributed by atoms with Crippen molar-refractivity contribution in [2.24, 2.45) is 0 Å². The molecular weight excluding hydrogens is 484 g/mol. The van der Waals surface area contributed by atoms with E-state index in [1.54, 1.807) is 0 Å². The molecule has 2 rings (SSSR count). The maximum atomic E-state index is 12.8. The molecule has 2 aromatic rings. The summed E-state index contributed by atoms with van der Waals surface area (Å²) in [5, 5.41) is 6.19. The smallest absolute Gasteiger partial charge is 0.238 e. The summed E-state index contributed by atoms with van der Waals surface area (Å²) in [4.78, 5) is 30.1. The van der Waals surface area contributed by atoms with E-state index in [0.717, 1.165) is 106 Å². The van der Waals surface area contributed by atoms with E-state index in [9.17, 15) is 9.59 Å². The molecule has 0 spiro atoms. The molecule has 0 radical (unpaired) electrons. The molecule has 216 valence electrons. The van der Waals surface area contributed by atoms with Crippen molar-refractivity contribution in [1.82, 2.24) is 9.80 Å². The SMILES string of the molecule is CCCCN(CCCC)CC(=O)Nc1cccc(Cc2cccc(NC(=O)CN(CCCC)CCCC)c2)c1. The second kappa shape index (κ2) is 19.4. The lowest BCUT2D eigenvalue weighted by atomic mass is 10.0. The maximum Gasteiger partial charge on any atom is 0.238 e. The quantitative estimate of drug-likeness (QED) is 0.192. The molecule has 0 atom stereocenters. The zero-order valence-electron chi connectivity index (χ0n) is 24.9. The molecular formula is C33H52N4O2. The summed E-state index contributed by atoms with van der Waals surface area (Å²) >= 11 is 0. The van der Waals surface area contributed by atoms with Gasteiger partial charge in [0, 0.05) is 11.4 Å². The van der Waals surface area contributed by atoms with E-state index in [1.807, 2.05) is 36.4 Å². The zero-order chi connectivity index (χ0) is 28.3. The highest BCUT2D eigenvalue weighted by atomic mass is 16.2. The van der Waals surface area contributed by atoms with Crippen LogP contribution in [0.2, 0.25) is 0 Å². The molecule has 2 amide bonds. The van der Waals surface area contributed by atoms with Crippen molar-refractivity contribution >= 4 is 23.2 Å². The molecule has 0 aromatic heterocycles. The van der Waals surface area contributed by atoms with Gasteiger partial charge in [0.15, 0.2) is 0 Å². The molecule has 0 heterocycles. The van der Waals surface area contributed by atoms with Crippen LogP contribution in [0.15, 0.2) is 48.5 Å². The number of carbonyl (C=O) groups is 2. The van der Waals surface area contributed by atoms with Crippen LogP contribution in [0.1, 0.15) is 90.2 Å². The van der Waals surface area contributed by atoms with Gasteiger partial charge in [0.2, 0.25) is 11.8 Å². The number of carbonyl (C=O) groups excluding carboxylic acids is 2. The Morgan fingerprint density at radius 2 is 0.949 bits per heavy atom. The van der Waals surface area contributed by atoms with E-state index >= 15 is 0 Å². The van der Waals surface area contributed by atoms with Crippen LogP contribution in [0.5, 0.6) is 0 Å². The lowest BCUT2D eigenvalue weighted by molar-refractivity contribution is -0.118. The average Bonchev–Trinajstić information content (AvgIpc) is 2.92. The van der Waals surface area contributed by atoms with Crippen LogP contribution in [-0.2, 0) is 16.0 Å². The minimum atomic E-state index is 0.0379. The first-order valence-electron chi connectivity index (χ1n) is 15.2. The van der Waals surface area contributed by atoms with Gasteiger partial charge in [-0.3, -0.25) is 19.4 Å². The van der Waals surface area contributed by atoms with Crippen LogP contribution >= 0.6 is 0 Å². The van der Waals surface area contributed by atoms with E-state index in [4.69, 9.17) is 0 Å². The number of hydrogen-bond acceptors (Lipinski definition) is 4. The van der Waals surface area contributed by atoms with Crippen molar-refractivity contribution in [1.29, 1.82) is 0 Å². The number of unbranched alkanes of at least 4 members (excludes halogenated alkanes) is 4. The Balaban J connectivity index is 1.95. The van der Waals surface area contributed by atoms with Crippen molar-refractivity contribution in [3.63, 3.8) is 0 Å². The molecule has 2 aromatic carbocycles. The number of rotatable bonds is 20. The van der Waals surface area contributed by atoms with E-state index in [0.29, 0.717) is 13.1 Å². The minimum Gasteiger partial charge on any atom is -0.325 e. The predicted molar refractivity (Wildman–Crippen MR) is 165 cm³/mol. The van der Waals surface area contributed by atoms with Gasteiger partial charge in [-0.2, -0.15) is 0 Å². The number of amides is 2. The van der Waals surface area contributed by atoms with Crippen molar-refractivity contribution in [2.75, 3.05) is 49.9 Å². The summed E-state index contributed by atoms with van der Waals surface area (Å²) in [6.07, 6.45) is 9.71. The van der Waals surface area contributed by atoms with Gasteiger partial charge in [0.1, 0.15) is 0 Å². The first-order valence-corrected chi connectivity index (χ1v) is 15.2. The number of benzene rings is 2. The molecule has 0 saturated carbocycles. The van der Waals surface area contributed by atoms with Crippen LogP contribution in [0.4, 0.5) is 11.4 Å². The lowest BCUT2D eigenvalue weighted by Crippen LogP contribution is -2.34. The van der Waals surface area contributed by atoms with Crippen LogP contribution in [0, 0.1) is 0 Å². The summed E-state index contributed by atoms with van der Waals surface area (Å²) in [6.45, 7) is 13.5. The molecule has 0 aliphatic rings. The summed E-state index contributed by atoms with van der Waals surface area (Å²) < 4.78 is 0. The molecule has 0 aliphatic heterocycles. The maximum absolute atomic E-state index is 12.8. The van der Waals surface area contributed by atoms with Crippen molar-refractivity contribution in [2.45, 2.75) is 85.5 Å². The summed E-state index contributed by atoms with van der Waals surface area (Å²) in [6, 6.07) is 16.1. The van der Waals surface area contributed by atoms with Crippen molar-refractivity contribution < 1.29 is 9.59 Å². The van der Waals surface area contributed by atoms with Gasteiger partial charge >= 0.3 is 0 Å². The van der Waals surface area contributed by atoms with E-state index in [1.165, 1.54) is 0 Å². The van der Waals surface area contributed by atoms with Crippen molar-refractivity contribution in [3.8, 4) is 0 Å². The minimum absolute atomic E-state index is 0.0379. The average molecular weight is 537 g/mol. The third kappa shape index (κ3) is 13.8. The lowest BCUT2D eigenvalue weighted by Gasteiger charge is -2.21. The topological polar surface area (TPSA) is 64.7 Å². The zero-order valence-corrected chi connectivity index (χ0v) is 24.9. The Morgan fingerprint density at radius 3 is 1.28 bits per heavy atom. The standard InChI is InChI=1S/C33H52N4O2/c1-5-9-19-36(20-10-6-2)26-32(38)34-30-17-13-15-28(24-30)23-29-16-14-18-31(25-29)35-33(39)27-37(21-11-7-3)22-12-8-4/h13-18,24-25H,5-12,19-23,26-27H2,1-4H3,(H,34,38)(H,35,39). The molecule has 0 saturated heterocycles. The van der Waals surface area contributed by atoms with E-state index in [-0.39, 0.29) is 11.8 Å². The number of nitrogens with one attached hydrogen (secondary N) is 2. The predicted octanol–water partition coefficient (Wildman–Crippen LogP) is 6.96. The normalized spacial score (nSPS) is 11.2. The van der Waals surface area contributed by atoms with Crippen LogP contribution in [0.25, 0.3) is 0 Å². The molecule has 2 N–H and O–H groups in total. The number of hydrogen-bond donors (Lipinski definition) is 2. The Morgan fingerprint density at radius 1 is 0.590 bits per heavy atom. The summed E-state index contributed by atoms with van der Waals surface area (Å²) in [7, 11) is 0. The fourth-order valence-corrected chi connectivity index (χ4v) is 4.63. The van der Waals surface area contributed by atoms with Gasteiger partial charge in [-0.1, -0.05) is 77.6 Å². The van der Waals surface area contributed by atoms with Crippen molar-refractivity contribution in [3.05, 3.63) is 59.7 Å². The van der Waals surface area contributed by atoms with Crippen LogP contribution in [-0.4, -0.2) is 60.9 Å². The Hall–Kier alpha value is -2.70. The third-order valence-corrected chi connectivity index (χ3v) is 6.88. The van der Waals surface area contributed by atoms with Gasteiger partial charge in [-0.15, -0.1) is 0 Å². The van der Waals surface area contributed by atoms with Gasteiger partial charge in [-0.25, -0.2) is 0 Å². The monoisotopic (exact) mass is 536 g/mol. The molecule has 0 fully saturated rings. The van der Waals surface area contributed by atoms with Gasteiger partial charge in [0.05, 0.1) is 13.1 Å². The molecule has 0 unspecified atom stereocenters. The molecule has 6 nitrogen and oxygen atoms in total. The first kappa shape index (κ1) is 32.5. The molecule has 0 aliphatic carbocycles. The van der Waals surface area contributed by atoms with Gasteiger partial charge in [0.25, 0.3) is 0 Å². The molecule has 6 heteroatoms. The second-order valence-corrected chi connectivity index (χ2v) is 10.6. The fourth-order valence-electron chi connectivity index (χ4n) is 4.63. The Labute approximate surface area is 237 Å². The highest BCUT2D eigenvalue weighted by Crippen LogP contribution is 2.18. The van der Waals surface area contributed by atoms with E-state index < -0.39 is 0 Å². The first-order chi connectivity index (χ1) is 19.0. The second-order valence-electron chi connectivity index (χ2n) is 10.6. The number of anilines is 2. The fraction of sp³-hybridized carbons (Fsp3) is 0.576. The van der Waals surface area contributed by atoms with Crippen LogP contribution in [0.3, 0.4) is 0 Å². The largest absolute Gasteiger partial charge is 0.325 e. The Bertz CT molecular complexity index is 884. The van der Waals surface area contributed by atoms with Gasteiger partial charge in [-0.05, 0) is 93.7 Å². The summed E-state index contributed by atoms with van der Waals surface area (Å²) in [5.41, 5.74) is 3.89. The van der Waals surface area contributed by atoms with E-state index in [2.05, 4.69) is 60.3 Å².